The number of rotatable bonds is 4. The number of sulfonamides is 1. The third kappa shape index (κ3) is 3.19. The van der Waals surface area contributed by atoms with Crippen molar-refractivity contribution in [2.45, 2.75) is 11.3 Å². The first kappa shape index (κ1) is 18.6. The van der Waals surface area contributed by atoms with Gasteiger partial charge in [0.15, 0.2) is 11.5 Å². The Morgan fingerprint density at radius 1 is 0.900 bits per heavy atom. The molecule has 0 saturated heterocycles. The summed E-state index contributed by atoms with van der Waals surface area (Å²) >= 11 is 0. The van der Waals surface area contributed by atoms with Crippen molar-refractivity contribution in [2.24, 2.45) is 0 Å². The molecule has 0 unspecified atom stereocenters. The second-order valence-corrected chi connectivity index (χ2v) is 8.59. The topological polar surface area (TPSA) is 87.0 Å². The average Bonchev–Trinajstić information content (AvgIpc) is 2.93. The first-order valence-electron chi connectivity index (χ1n) is 9.47. The fourth-order valence-electron chi connectivity index (χ4n) is 3.51. The molecular weight excluding hydrogens is 406 g/mol. The number of para-hydroxylation sites is 1. The van der Waals surface area contributed by atoms with Crippen LogP contribution in [0.25, 0.3) is 21.9 Å². The van der Waals surface area contributed by atoms with Crippen LogP contribution in [0.5, 0.6) is 17.2 Å². The van der Waals surface area contributed by atoms with E-state index in [2.05, 4.69) is 4.72 Å². The number of anilines is 1. The summed E-state index contributed by atoms with van der Waals surface area (Å²) < 4.78 is 51.2. The largest absolute Gasteiger partial charge is 0.495 e. The number of hydrogen-bond acceptors (Lipinski definition) is 6. The van der Waals surface area contributed by atoms with E-state index in [1.54, 1.807) is 18.2 Å². The second-order valence-electron chi connectivity index (χ2n) is 6.91. The van der Waals surface area contributed by atoms with Crippen molar-refractivity contribution in [1.82, 2.24) is 0 Å². The number of methoxy groups -OCH3 is 1. The van der Waals surface area contributed by atoms with Gasteiger partial charge in [-0.1, -0.05) is 18.2 Å². The zero-order chi connectivity index (χ0) is 20.7. The lowest BCUT2D eigenvalue weighted by molar-refractivity contribution is 0.297. The minimum atomic E-state index is -3.90. The Kier molecular flexibility index (Phi) is 4.43. The zero-order valence-corrected chi connectivity index (χ0v) is 17.0. The van der Waals surface area contributed by atoms with Crippen LogP contribution in [0.1, 0.15) is 6.42 Å². The molecule has 8 heteroatoms. The quantitative estimate of drug-likeness (QED) is 0.516. The summed E-state index contributed by atoms with van der Waals surface area (Å²) in [6, 6.07) is 15.6. The summed E-state index contributed by atoms with van der Waals surface area (Å²) in [7, 11) is -2.40. The van der Waals surface area contributed by atoms with Crippen LogP contribution < -0.4 is 18.9 Å². The van der Waals surface area contributed by atoms with Crippen molar-refractivity contribution >= 4 is 37.6 Å². The molecule has 0 bridgehead atoms. The molecule has 30 heavy (non-hydrogen) atoms. The highest BCUT2D eigenvalue weighted by Crippen LogP contribution is 2.38. The molecule has 1 aliphatic heterocycles. The predicted octanol–water partition coefficient (Wildman–Crippen LogP) is 4.56. The minimum Gasteiger partial charge on any atom is -0.495 e. The SMILES string of the molecule is COc1cc2c(cc1NS(=O)(=O)c1ccc3c(c1)OCCCO3)oc1ccccc12. The first-order chi connectivity index (χ1) is 14.5. The van der Waals surface area contributed by atoms with Crippen LogP contribution in [0.4, 0.5) is 5.69 Å². The lowest BCUT2D eigenvalue weighted by Gasteiger charge is -2.13. The van der Waals surface area contributed by atoms with E-state index in [1.165, 1.54) is 19.2 Å². The van der Waals surface area contributed by atoms with Gasteiger partial charge in [-0.15, -0.1) is 0 Å². The van der Waals surface area contributed by atoms with Gasteiger partial charge in [-0.2, -0.15) is 0 Å². The standard InChI is InChI=1S/C22H19NO6S/c1-26-21-12-16-15-5-2-3-6-18(15)29-20(16)13-17(21)23-30(24,25)14-7-8-19-22(11-14)28-10-4-9-27-19/h2-3,5-8,11-13,23H,4,9-10H2,1H3. The van der Waals surface area contributed by atoms with E-state index in [4.69, 9.17) is 18.6 Å². The summed E-state index contributed by atoms with van der Waals surface area (Å²) in [6.07, 6.45) is 0.740. The maximum atomic E-state index is 13.1. The van der Waals surface area contributed by atoms with Crippen LogP contribution >= 0.6 is 0 Å². The van der Waals surface area contributed by atoms with E-state index in [9.17, 15) is 8.42 Å². The third-order valence-corrected chi connectivity index (χ3v) is 6.34. The number of nitrogens with one attached hydrogen (secondary N) is 1. The van der Waals surface area contributed by atoms with Crippen LogP contribution in [0.2, 0.25) is 0 Å². The highest BCUT2D eigenvalue weighted by Gasteiger charge is 2.21. The molecule has 0 atom stereocenters. The normalized spacial score (nSPS) is 13.9. The van der Waals surface area contributed by atoms with Gasteiger partial charge in [0.05, 0.1) is 30.9 Å². The molecule has 0 amide bonds. The average molecular weight is 425 g/mol. The fourth-order valence-corrected chi connectivity index (χ4v) is 4.59. The molecule has 5 rings (SSSR count). The summed E-state index contributed by atoms with van der Waals surface area (Å²) in [5, 5.41) is 1.78. The molecule has 7 nitrogen and oxygen atoms in total. The fraction of sp³-hybridized carbons (Fsp3) is 0.182. The van der Waals surface area contributed by atoms with Gasteiger partial charge in [-0.25, -0.2) is 8.42 Å². The van der Waals surface area contributed by atoms with Crippen molar-refractivity contribution in [1.29, 1.82) is 0 Å². The molecule has 0 saturated carbocycles. The molecule has 4 aromatic rings. The Morgan fingerprint density at radius 3 is 2.53 bits per heavy atom. The van der Waals surface area contributed by atoms with Crippen molar-refractivity contribution in [3.8, 4) is 17.2 Å². The molecule has 0 radical (unpaired) electrons. The molecule has 1 aromatic heterocycles. The highest BCUT2D eigenvalue weighted by molar-refractivity contribution is 7.92. The Morgan fingerprint density at radius 2 is 1.70 bits per heavy atom. The predicted molar refractivity (Wildman–Crippen MR) is 113 cm³/mol. The van der Waals surface area contributed by atoms with E-state index >= 15 is 0 Å². The Bertz CT molecular complexity index is 1360. The Hall–Kier alpha value is -3.39. The highest BCUT2D eigenvalue weighted by atomic mass is 32.2. The third-order valence-electron chi connectivity index (χ3n) is 4.97. The number of hydrogen-bond donors (Lipinski definition) is 1. The summed E-state index contributed by atoms with van der Waals surface area (Å²) in [5.41, 5.74) is 1.57. The van der Waals surface area contributed by atoms with E-state index in [-0.39, 0.29) is 10.6 Å². The van der Waals surface area contributed by atoms with Gasteiger partial charge < -0.3 is 18.6 Å². The maximum Gasteiger partial charge on any atom is 0.262 e. The lowest BCUT2D eigenvalue weighted by Crippen LogP contribution is -2.14. The summed E-state index contributed by atoms with van der Waals surface area (Å²) in [4.78, 5) is 0.0681. The molecular formula is C22H19NO6S. The van der Waals surface area contributed by atoms with E-state index in [1.807, 2.05) is 24.3 Å². The van der Waals surface area contributed by atoms with Crippen LogP contribution in [-0.4, -0.2) is 28.7 Å². The van der Waals surface area contributed by atoms with Gasteiger partial charge in [0, 0.05) is 29.3 Å². The molecule has 1 N–H and O–H groups in total. The van der Waals surface area contributed by atoms with Gasteiger partial charge in [0.1, 0.15) is 16.9 Å². The zero-order valence-electron chi connectivity index (χ0n) is 16.2. The monoisotopic (exact) mass is 425 g/mol. The lowest BCUT2D eigenvalue weighted by atomic mass is 10.1. The number of furan rings is 1. The molecule has 154 valence electrons. The summed E-state index contributed by atoms with van der Waals surface area (Å²) in [6.45, 7) is 1.01. The van der Waals surface area contributed by atoms with Gasteiger partial charge >= 0.3 is 0 Å². The number of fused-ring (bicyclic) bond motifs is 4. The van der Waals surface area contributed by atoms with Gasteiger partial charge in [0.25, 0.3) is 10.0 Å². The molecule has 1 aliphatic rings. The van der Waals surface area contributed by atoms with Crippen LogP contribution in [0.3, 0.4) is 0 Å². The number of benzene rings is 3. The Balaban J connectivity index is 1.55. The first-order valence-corrected chi connectivity index (χ1v) is 11.0. The van der Waals surface area contributed by atoms with Gasteiger partial charge in [-0.3, -0.25) is 4.72 Å². The van der Waals surface area contributed by atoms with E-state index in [0.717, 1.165) is 22.8 Å². The molecule has 0 aliphatic carbocycles. The molecule has 0 fully saturated rings. The van der Waals surface area contributed by atoms with Gasteiger partial charge in [0.2, 0.25) is 0 Å². The van der Waals surface area contributed by atoms with Crippen LogP contribution in [0, 0.1) is 0 Å². The number of ether oxygens (including phenoxy) is 3. The second kappa shape index (κ2) is 7.14. The maximum absolute atomic E-state index is 13.1. The molecule has 3 aromatic carbocycles. The minimum absolute atomic E-state index is 0.0681. The Labute approximate surface area is 173 Å². The van der Waals surface area contributed by atoms with Crippen LogP contribution in [0.15, 0.2) is 63.9 Å². The van der Waals surface area contributed by atoms with Crippen molar-refractivity contribution in [3.63, 3.8) is 0 Å². The molecule has 0 spiro atoms. The van der Waals surface area contributed by atoms with E-state index < -0.39 is 10.0 Å². The smallest absolute Gasteiger partial charge is 0.262 e. The van der Waals surface area contributed by atoms with Crippen LogP contribution in [-0.2, 0) is 10.0 Å². The van der Waals surface area contributed by atoms with Crippen molar-refractivity contribution in [3.05, 3.63) is 54.6 Å². The van der Waals surface area contributed by atoms with Crippen molar-refractivity contribution in [2.75, 3.05) is 25.0 Å². The molecule has 2 heterocycles. The van der Waals surface area contributed by atoms with E-state index in [0.29, 0.717) is 36.0 Å². The summed E-state index contributed by atoms with van der Waals surface area (Å²) in [5.74, 6) is 1.34. The van der Waals surface area contributed by atoms with Gasteiger partial charge in [-0.05, 0) is 24.3 Å². The van der Waals surface area contributed by atoms with Crippen molar-refractivity contribution < 1.29 is 27.0 Å².